The first-order valence-corrected chi connectivity index (χ1v) is 8.28. The summed E-state index contributed by atoms with van der Waals surface area (Å²) in [5.74, 6) is 3.78. The average molecular weight is 290 g/mol. The summed E-state index contributed by atoms with van der Waals surface area (Å²) in [5, 5.41) is 3.35. The summed E-state index contributed by atoms with van der Waals surface area (Å²) in [6, 6.07) is 2.11. The molecule has 1 atom stereocenters. The number of aromatic nitrogens is 2. The highest BCUT2D eigenvalue weighted by Crippen LogP contribution is 2.26. The molecule has 0 aliphatic carbocycles. The van der Waals surface area contributed by atoms with Gasteiger partial charge in [-0.15, -0.1) is 0 Å². The summed E-state index contributed by atoms with van der Waals surface area (Å²) in [6.45, 7) is 14.1. The molecule has 1 aliphatic rings. The smallest absolute Gasteiger partial charge is 0.138 e. The van der Waals surface area contributed by atoms with Gasteiger partial charge in [-0.25, -0.2) is 9.97 Å². The van der Waals surface area contributed by atoms with E-state index in [0.717, 1.165) is 43.0 Å². The van der Waals surface area contributed by atoms with Crippen molar-refractivity contribution in [3.05, 3.63) is 11.9 Å². The number of anilines is 2. The van der Waals surface area contributed by atoms with E-state index < -0.39 is 0 Å². The number of hydrogen-bond donors (Lipinski definition) is 1. The molecule has 2 heterocycles. The number of rotatable bonds is 3. The molecule has 4 nitrogen and oxygen atoms in total. The first-order valence-electron chi connectivity index (χ1n) is 8.28. The van der Waals surface area contributed by atoms with Crippen LogP contribution >= 0.6 is 0 Å². The fourth-order valence-corrected chi connectivity index (χ4v) is 2.70. The molecule has 1 aromatic rings. The van der Waals surface area contributed by atoms with Crippen molar-refractivity contribution in [3.8, 4) is 0 Å². The Hall–Kier alpha value is -1.32. The van der Waals surface area contributed by atoms with Crippen molar-refractivity contribution in [1.82, 2.24) is 9.97 Å². The molecule has 0 amide bonds. The van der Waals surface area contributed by atoms with Crippen molar-refractivity contribution in [1.29, 1.82) is 0 Å². The van der Waals surface area contributed by atoms with Crippen molar-refractivity contribution in [2.75, 3.05) is 29.9 Å². The molecule has 0 saturated carbocycles. The zero-order chi connectivity index (χ0) is 15.5. The third kappa shape index (κ3) is 4.32. The van der Waals surface area contributed by atoms with Crippen LogP contribution in [0.25, 0.3) is 0 Å². The second-order valence-corrected chi connectivity index (χ2v) is 7.24. The lowest BCUT2D eigenvalue weighted by Crippen LogP contribution is -2.27. The minimum atomic E-state index is -0.0285. The summed E-state index contributed by atoms with van der Waals surface area (Å²) in [5.41, 5.74) is -0.0285. The molecule has 1 unspecified atom stereocenters. The van der Waals surface area contributed by atoms with Gasteiger partial charge in [0, 0.05) is 31.1 Å². The van der Waals surface area contributed by atoms with Crippen LogP contribution in [0.4, 0.5) is 11.6 Å². The molecule has 21 heavy (non-hydrogen) atoms. The molecule has 1 N–H and O–H groups in total. The maximum absolute atomic E-state index is 4.85. The van der Waals surface area contributed by atoms with Crippen LogP contribution in [-0.4, -0.2) is 29.6 Å². The molecule has 1 fully saturated rings. The molecular weight excluding hydrogens is 260 g/mol. The summed E-state index contributed by atoms with van der Waals surface area (Å²) in [7, 11) is 0. The van der Waals surface area contributed by atoms with Crippen LogP contribution < -0.4 is 10.2 Å². The van der Waals surface area contributed by atoms with Gasteiger partial charge >= 0.3 is 0 Å². The van der Waals surface area contributed by atoms with E-state index in [-0.39, 0.29) is 5.41 Å². The van der Waals surface area contributed by atoms with E-state index in [9.17, 15) is 0 Å². The first kappa shape index (κ1) is 16.1. The summed E-state index contributed by atoms with van der Waals surface area (Å²) in [6.07, 6.45) is 3.84. The second kappa shape index (κ2) is 6.63. The third-order valence-corrected chi connectivity index (χ3v) is 4.08. The summed E-state index contributed by atoms with van der Waals surface area (Å²) >= 11 is 0. The van der Waals surface area contributed by atoms with Crippen LogP contribution in [0.3, 0.4) is 0 Å². The molecule has 1 saturated heterocycles. The van der Waals surface area contributed by atoms with Gasteiger partial charge in [-0.05, 0) is 32.1 Å². The SMILES string of the molecule is CCNc1cc(N2CCCC(C)CC2)nc(C(C)(C)C)n1. The Kier molecular flexibility index (Phi) is 5.07. The van der Waals surface area contributed by atoms with E-state index in [1.807, 2.05) is 0 Å². The second-order valence-electron chi connectivity index (χ2n) is 7.24. The molecule has 1 aliphatic heterocycles. The van der Waals surface area contributed by atoms with E-state index in [1.54, 1.807) is 0 Å². The maximum Gasteiger partial charge on any atom is 0.138 e. The Labute approximate surface area is 129 Å². The molecule has 1 aromatic heterocycles. The van der Waals surface area contributed by atoms with Crippen molar-refractivity contribution < 1.29 is 0 Å². The van der Waals surface area contributed by atoms with Gasteiger partial charge in [-0.3, -0.25) is 0 Å². The fraction of sp³-hybridized carbons (Fsp3) is 0.765. The van der Waals surface area contributed by atoms with Gasteiger partial charge < -0.3 is 10.2 Å². The predicted octanol–water partition coefficient (Wildman–Crippen LogP) is 3.83. The zero-order valence-electron chi connectivity index (χ0n) is 14.2. The Balaban J connectivity index is 2.30. The number of hydrogen-bond acceptors (Lipinski definition) is 4. The predicted molar refractivity (Wildman–Crippen MR) is 90.1 cm³/mol. The Morgan fingerprint density at radius 1 is 1.24 bits per heavy atom. The van der Waals surface area contributed by atoms with Gasteiger partial charge in [0.05, 0.1) is 0 Å². The molecule has 0 radical (unpaired) electrons. The Bertz CT molecular complexity index is 464. The van der Waals surface area contributed by atoms with Gasteiger partial charge in [0.25, 0.3) is 0 Å². The van der Waals surface area contributed by atoms with E-state index in [0.29, 0.717) is 0 Å². The highest BCUT2D eigenvalue weighted by atomic mass is 15.2. The van der Waals surface area contributed by atoms with Crippen LogP contribution in [0, 0.1) is 5.92 Å². The van der Waals surface area contributed by atoms with E-state index >= 15 is 0 Å². The standard InChI is InChI=1S/C17H30N4/c1-6-18-14-12-15(20-16(19-14)17(3,4)5)21-10-7-8-13(2)9-11-21/h12-13H,6-11H2,1-5H3,(H,18,19,20). The fourth-order valence-electron chi connectivity index (χ4n) is 2.70. The zero-order valence-corrected chi connectivity index (χ0v) is 14.2. The van der Waals surface area contributed by atoms with Crippen molar-refractivity contribution in [2.24, 2.45) is 5.92 Å². The maximum atomic E-state index is 4.85. The largest absolute Gasteiger partial charge is 0.370 e. The molecule has 4 heteroatoms. The summed E-state index contributed by atoms with van der Waals surface area (Å²) in [4.78, 5) is 12.0. The van der Waals surface area contributed by atoms with Crippen molar-refractivity contribution in [3.63, 3.8) is 0 Å². The average Bonchev–Trinajstić information content (AvgIpc) is 2.63. The monoisotopic (exact) mass is 290 g/mol. The van der Waals surface area contributed by atoms with Crippen LogP contribution in [-0.2, 0) is 5.41 Å². The topological polar surface area (TPSA) is 41.0 Å². The van der Waals surface area contributed by atoms with Gasteiger partial charge in [-0.1, -0.05) is 27.7 Å². The van der Waals surface area contributed by atoms with Gasteiger partial charge in [-0.2, -0.15) is 0 Å². The van der Waals surface area contributed by atoms with Crippen LogP contribution in [0.1, 0.15) is 59.7 Å². The molecule has 0 bridgehead atoms. The van der Waals surface area contributed by atoms with Gasteiger partial charge in [0.15, 0.2) is 0 Å². The Morgan fingerprint density at radius 3 is 2.67 bits per heavy atom. The minimum Gasteiger partial charge on any atom is -0.370 e. The van der Waals surface area contributed by atoms with Gasteiger partial charge in [0.1, 0.15) is 17.5 Å². The normalized spacial score (nSPS) is 20.2. The quantitative estimate of drug-likeness (QED) is 0.918. The van der Waals surface area contributed by atoms with Crippen LogP contribution in [0.15, 0.2) is 6.07 Å². The van der Waals surface area contributed by atoms with Gasteiger partial charge in [0.2, 0.25) is 0 Å². The lowest BCUT2D eigenvalue weighted by Gasteiger charge is -2.25. The highest BCUT2D eigenvalue weighted by Gasteiger charge is 2.22. The number of nitrogens with one attached hydrogen (secondary N) is 1. The van der Waals surface area contributed by atoms with E-state index in [4.69, 9.17) is 4.98 Å². The number of nitrogens with zero attached hydrogens (tertiary/aromatic N) is 3. The van der Waals surface area contributed by atoms with Crippen molar-refractivity contribution >= 4 is 11.6 Å². The van der Waals surface area contributed by atoms with Crippen LogP contribution in [0.5, 0.6) is 0 Å². The molecule has 0 aromatic carbocycles. The first-order chi connectivity index (χ1) is 9.90. The van der Waals surface area contributed by atoms with Crippen molar-refractivity contribution in [2.45, 2.75) is 59.3 Å². The highest BCUT2D eigenvalue weighted by molar-refractivity contribution is 5.50. The third-order valence-electron chi connectivity index (χ3n) is 4.08. The minimum absolute atomic E-state index is 0.0285. The lowest BCUT2D eigenvalue weighted by molar-refractivity contribution is 0.520. The molecule has 118 valence electrons. The summed E-state index contributed by atoms with van der Waals surface area (Å²) < 4.78 is 0. The van der Waals surface area contributed by atoms with Crippen LogP contribution in [0.2, 0.25) is 0 Å². The van der Waals surface area contributed by atoms with E-state index in [2.05, 4.69) is 55.9 Å². The molecular formula is C17H30N4. The molecule has 0 spiro atoms. The molecule has 2 rings (SSSR count). The Morgan fingerprint density at radius 2 is 2.00 bits per heavy atom. The lowest BCUT2D eigenvalue weighted by atomic mass is 9.96. The van der Waals surface area contributed by atoms with E-state index in [1.165, 1.54) is 19.3 Å².